The summed E-state index contributed by atoms with van der Waals surface area (Å²) in [5.74, 6) is -0.923. The summed E-state index contributed by atoms with van der Waals surface area (Å²) in [5, 5.41) is 2.72. The molecule has 0 saturated carbocycles. The zero-order chi connectivity index (χ0) is 20.5. The lowest BCUT2D eigenvalue weighted by molar-refractivity contribution is -0.122. The summed E-state index contributed by atoms with van der Waals surface area (Å²) in [6.07, 6.45) is 3.51. The fourth-order valence-corrected chi connectivity index (χ4v) is 3.68. The first kappa shape index (κ1) is 18.8. The Bertz CT molecular complexity index is 1160. The molecule has 0 aliphatic carbocycles. The fourth-order valence-electron chi connectivity index (χ4n) is 3.40. The highest BCUT2D eigenvalue weighted by molar-refractivity contribution is 7.80. The number of nitrogens with one attached hydrogen (secondary N) is 1. The van der Waals surface area contributed by atoms with Crippen molar-refractivity contribution in [2.75, 3.05) is 4.90 Å². The Balaban J connectivity index is 1.73. The van der Waals surface area contributed by atoms with Crippen LogP contribution < -0.4 is 10.2 Å². The minimum absolute atomic E-state index is 0.0482. The van der Waals surface area contributed by atoms with Crippen molar-refractivity contribution in [1.82, 2.24) is 9.88 Å². The number of benzene rings is 2. The first-order chi connectivity index (χ1) is 14.0. The number of rotatable bonds is 3. The summed E-state index contributed by atoms with van der Waals surface area (Å²) in [6, 6.07) is 19.3. The highest BCUT2D eigenvalue weighted by Crippen LogP contribution is 2.25. The average molecular weight is 401 g/mol. The van der Waals surface area contributed by atoms with E-state index in [1.165, 1.54) is 4.90 Å². The van der Waals surface area contributed by atoms with Gasteiger partial charge in [0.25, 0.3) is 11.8 Å². The molecule has 6 heteroatoms. The zero-order valence-electron chi connectivity index (χ0n) is 16.0. The number of hydrogen-bond acceptors (Lipinski definition) is 3. The minimum Gasteiger partial charge on any atom is -0.321 e. The van der Waals surface area contributed by atoms with Gasteiger partial charge in [0.05, 0.1) is 5.69 Å². The molecule has 2 aromatic carbocycles. The van der Waals surface area contributed by atoms with Crippen molar-refractivity contribution in [3.05, 3.63) is 89.3 Å². The normalized spacial score (nSPS) is 15.7. The Hall–Kier alpha value is -3.51. The number of carbonyl (C=O) groups is 2. The van der Waals surface area contributed by atoms with E-state index in [1.54, 1.807) is 6.08 Å². The second-order valence-corrected chi connectivity index (χ2v) is 7.25. The van der Waals surface area contributed by atoms with E-state index in [9.17, 15) is 9.59 Å². The maximum Gasteiger partial charge on any atom is 0.270 e. The Morgan fingerprint density at radius 3 is 2.38 bits per heavy atom. The molecule has 2 heterocycles. The molecular weight excluding hydrogens is 382 g/mol. The maximum atomic E-state index is 13.2. The van der Waals surface area contributed by atoms with Gasteiger partial charge in [-0.25, -0.2) is 0 Å². The van der Waals surface area contributed by atoms with E-state index in [0.29, 0.717) is 5.69 Å². The van der Waals surface area contributed by atoms with Gasteiger partial charge >= 0.3 is 0 Å². The topological polar surface area (TPSA) is 54.3 Å². The summed E-state index contributed by atoms with van der Waals surface area (Å²) in [4.78, 5) is 27.1. The summed E-state index contributed by atoms with van der Waals surface area (Å²) in [7, 11) is 0. The summed E-state index contributed by atoms with van der Waals surface area (Å²) < 4.78 is 2.02. The highest BCUT2D eigenvalue weighted by Gasteiger charge is 2.35. The molecule has 4 rings (SSSR count). The number of para-hydroxylation sites is 2. The molecule has 0 bridgehead atoms. The number of thiocarbonyl (C=S) groups is 1. The van der Waals surface area contributed by atoms with Gasteiger partial charge in [-0.1, -0.05) is 36.4 Å². The molecule has 1 aromatic heterocycles. The molecule has 144 valence electrons. The number of carbonyl (C=O) groups excluding carboxylic acids is 2. The molecular formula is C23H19N3O2S. The largest absolute Gasteiger partial charge is 0.321 e. The standard InChI is InChI=1S/C23H19N3O2S/c1-15-8-6-7-11-20(15)26-22(28)19(21(27)24-23(26)29)13-17-12-16(2)25(14-17)18-9-4-3-5-10-18/h3-14H,1-2H3,(H,24,27,29)/b19-13-. The van der Waals surface area contributed by atoms with Gasteiger partial charge in [0.2, 0.25) is 0 Å². The fraction of sp³-hybridized carbons (Fsp3) is 0.0870. The smallest absolute Gasteiger partial charge is 0.270 e. The number of amides is 2. The van der Waals surface area contributed by atoms with E-state index >= 15 is 0 Å². The third-order valence-electron chi connectivity index (χ3n) is 4.84. The van der Waals surface area contributed by atoms with Gasteiger partial charge in [-0.3, -0.25) is 19.8 Å². The van der Waals surface area contributed by atoms with Gasteiger partial charge in [0.15, 0.2) is 5.11 Å². The lowest BCUT2D eigenvalue weighted by Gasteiger charge is -2.29. The second-order valence-electron chi connectivity index (χ2n) is 6.86. The van der Waals surface area contributed by atoms with Crippen molar-refractivity contribution >= 4 is 40.9 Å². The summed E-state index contributed by atoms with van der Waals surface area (Å²) >= 11 is 5.27. The number of anilines is 1. The Morgan fingerprint density at radius 2 is 1.66 bits per heavy atom. The second kappa shape index (κ2) is 7.48. The molecule has 1 aliphatic rings. The number of aryl methyl sites for hydroxylation is 2. The zero-order valence-corrected chi connectivity index (χ0v) is 16.9. The van der Waals surface area contributed by atoms with Crippen LogP contribution in [0, 0.1) is 13.8 Å². The third kappa shape index (κ3) is 3.50. The van der Waals surface area contributed by atoms with Crippen LogP contribution >= 0.6 is 12.2 Å². The van der Waals surface area contributed by atoms with Crippen molar-refractivity contribution in [2.24, 2.45) is 0 Å². The van der Waals surface area contributed by atoms with Gasteiger partial charge in [-0.15, -0.1) is 0 Å². The van der Waals surface area contributed by atoms with Gasteiger partial charge < -0.3 is 4.57 Å². The molecule has 3 aromatic rings. The van der Waals surface area contributed by atoms with Crippen molar-refractivity contribution in [3.8, 4) is 5.69 Å². The van der Waals surface area contributed by atoms with Crippen LogP contribution in [0.4, 0.5) is 5.69 Å². The van der Waals surface area contributed by atoms with Crippen LogP contribution in [-0.2, 0) is 9.59 Å². The first-order valence-electron chi connectivity index (χ1n) is 9.17. The molecule has 0 atom stereocenters. The molecule has 1 fully saturated rings. The van der Waals surface area contributed by atoms with E-state index in [2.05, 4.69) is 5.32 Å². The average Bonchev–Trinajstić information content (AvgIpc) is 3.07. The molecule has 1 aliphatic heterocycles. The number of nitrogens with zero attached hydrogens (tertiary/aromatic N) is 2. The first-order valence-corrected chi connectivity index (χ1v) is 9.58. The molecule has 0 radical (unpaired) electrons. The SMILES string of the molecule is Cc1ccccc1N1C(=O)/C(=C\c2cc(C)n(-c3ccccc3)c2)C(=O)NC1=S. The van der Waals surface area contributed by atoms with E-state index < -0.39 is 11.8 Å². The van der Waals surface area contributed by atoms with Crippen molar-refractivity contribution < 1.29 is 9.59 Å². The van der Waals surface area contributed by atoms with Crippen LogP contribution in [0.3, 0.4) is 0 Å². The third-order valence-corrected chi connectivity index (χ3v) is 5.12. The molecule has 1 N–H and O–H groups in total. The highest BCUT2D eigenvalue weighted by atomic mass is 32.1. The molecule has 2 amide bonds. The van der Waals surface area contributed by atoms with E-state index in [-0.39, 0.29) is 10.7 Å². The lowest BCUT2D eigenvalue weighted by atomic mass is 10.1. The number of aromatic nitrogens is 1. The van der Waals surface area contributed by atoms with Crippen LogP contribution in [0.1, 0.15) is 16.8 Å². The van der Waals surface area contributed by atoms with Crippen LogP contribution in [0.25, 0.3) is 11.8 Å². The van der Waals surface area contributed by atoms with Crippen molar-refractivity contribution in [1.29, 1.82) is 0 Å². The van der Waals surface area contributed by atoms with Gasteiger partial charge in [0.1, 0.15) is 5.57 Å². The summed E-state index contributed by atoms with van der Waals surface area (Å²) in [5.41, 5.74) is 4.38. The predicted molar refractivity (Wildman–Crippen MR) is 118 cm³/mol. The monoisotopic (exact) mass is 401 g/mol. The quantitative estimate of drug-likeness (QED) is 0.411. The van der Waals surface area contributed by atoms with Gasteiger partial charge in [0, 0.05) is 17.6 Å². The van der Waals surface area contributed by atoms with E-state index in [0.717, 1.165) is 22.5 Å². The minimum atomic E-state index is -0.491. The van der Waals surface area contributed by atoms with Gasteiger partial charge in [-0.05, 0) is 67.5 Å². The van der Waals surface area contributed by atoms with Crippen molar-refractivity contribution in [2.45, 2.75) is 13.8 Å². The van der Waals surface area contributed by atoms with Crippen LogP contribution in [0.2, 0.25) is 0 Å². The van der Waals surface area contributed by atoms with Crippen LogP contribution in [0.5, 0.6) is 0 Å². The summed E-state index contributed by atoms with van der Waals surface area (Å²) in [6.45, 7) is 3.88. The Kier molecular flexibility index (Phi) is 4.86. The van der Waals surface area contributed by atoms with Gasteiger partial charge in [-0.2, -0.15) is 0 Å². The molecule has 0 spiro atoms. The maximum absolute atomic E-state index is 13.2. The number of hydrogen-bond donors (Lipinski definition) is 1. The molecule has 5 nitrogen and oxygen atoms in total. The van der Waals surface area contributed by atoms with Crippen molar-refractivity contribution in [3.63, 3.8) is 0 Å². The molecule has 0 unspecified atom stereocenters. The Morgan fingerprint density at radius 1 is 0.966 bits per heavy atom. The lowest BCUT2D eigenvalue weighted by Crippen LogP contribution is -2.54. The molecule has 29 heavy (non-hydrogen) atoms. The molecule has 1 saturated heterocycles. The van der Waals surface area contributed by atoms with E-state index in [1.807, 2.05) is 85.3 Å². The Labute approximate surface area is 174 Å². The van der Waals surface area contributed by atoms with Crippen LogP contribution in [0.15, 0.2) is 72.4 Å². The van der Waals surface area contributed by atoms with Crippen LogP contribution in [-0.4, -0.2) is 21.5 Å². The van der Waals surface area contributed by atoms with E-state index in [4.69, 9.17) is 12.2 Å². The predicted octanol–water partition coefficient (Wildman–Crippen LogP) is 3.93.